The number of rotatable bonds is 4. The fourth-order valence-corrected chi connectivity index (χ4v) is 3.07. The second kappa shape index (κ2) is 6.75. The van der Waals surface area contributed by atoms with Crippen molar-refractivity contribution in [3.8, 4) is 5.75 Å². The molecule has 3 rings (SSSR count). The molecule has 0 spiro atoms. The molecule has 130 valence electrons. The lowest BCUT2D eigenvalue weighted by Gasteiger charge is -2.29. The van der Waals surface area contributed by atoms with Gasteiger partial charge in [0, 0.05) is 13.3 Å². The minimum Gasteiger partial charge on any atom is -0.463 e. The topological polar surface area (TPSA) is 108 Å². The number of carbonyl (C=O) groups is 1. The molecule has 0 fully saturated rings. The molecule has 2 aromatic carbocycles. The van der Waals surface area contributed by atoms with Gasteiger partial charge in [-0.2, -0.15) is 0 Å². The van der Waals surface area contributed by atoms with Gasteiger partial charge in [-0.1, -0.05) is 18.2 Å². The maximum absolute atomic E-state index is 12.7. The fourth-order valence-electron chi connectivity index (χ4n) is 2.51. The van der Waals surface area contributed by atoms with Crippen LogP contribution in [0.2, 0.25) is 0 Å². The predicted octanol–water partition coefficient (Wildman–Crippen LogP) is 1.90. The number of nitrogens with two attached hydrogens (primary N) is 1. The normalized spacial score (nSPS) is 20.3. The van der Waals surface area contributed by atoms with E-state index in [-0.39, 0.29) is 10.7 Å². The summed E-state index contributed by atoms with van der Waals surface area (Å²) >= 11 is 0. The molecule has 2 aromatic rings. The van der Waals surface area contributed by atoms with E-state index in [2.05, 4.69) is 4.99 Å². The average Bonchev–Trinajstić information content (AvgIpc) is 2.60. The van der Waals surface area contributed by atoms with E-state index in [0.29, 0.717) is 17.0 Å². The number of Topliss-reactive ketones (excluding diaryl/α,β-unsaturated/α-hetero) is 1. The van der Waals surface area contributed by atoms with Crippen LogP contribution in [-0.4, -0.2) is 33.8 Å². The SMILES string of the molecule is COC1Oc2ccccc2C(=O)C1C=Nc1cccc(S(N)(=O)=O)c1. The number of ether oxygens (including phenoxy) is 2. The molecule has 0 amide bonds. The van der Waals surface area contributed by atoms with Gasteiger partial charge in [-0.15, -0.1) is 0 Å². The Kier molecular flexibility index (Phi) is 4.67. The number of nitrogens with zero attached hydrogens (tertiary/aromatic N) is 1. The van der Waals surface area contributed by atoms with E-state index < -0.39 is 22.2 Å². The van der Waals surface area contributed by atoms with E-state index >= 15 is 0 Å². The molecule has 2 N–H and O–H groups in total. The van der Waals surface area contributed by atoms with Gasteiger partial charge in [-0.05, 0) is 30.3 Å². The highest BCUT2D eigenvalue weighted by Crippen LogP contribution is 2.30. The molecule has 7 nitrogen and oxygen atoms in total. The van der Waals surface area contributed by atoms with Gasteiger partial charge < -0.3 is 9.47 Å². The molecule has 2 atom stereocenters. The summed E-state index contributed by atoms with van der Waals surface area (Å²) in [6.07, 6.45) is 0.585. The minimum atomic E-state index is -3.82. The van der Waals surface area contributed by atoms with Crippen molar-refractivity contribution in [2.75, 3.05) is 7.11 Å². The second-order valence-electron chi connectivity index (χ2n) is 5.43. The molecule has 8 heteroatoms. The lowest BCUT2D eigenvalue weighted by atomic mass is 9.94. The summed E-state index contributed by atoms with van der Waals surface area (Å²) in [4.78, 5) is 16.8. The fraction of sp³-hybridized carbons (Fsp3) is 0.176. The van der Waals surface area contributed by atoms with Crippen LogP contribution >= 0.6 is 0 Å². The molecule has 2 unspecified atom stereocenters. The number of primary sulfonamides is 1. The zero-order chi connectivity index (χ0) is 18.0. The molecule has 1 aliphatic heterocycles. The Balaban J connectivity index is 1.91. The van der Waals surface area contributed by atoms with Crippen molar-refractivity contribution in [1.29, 1.82) is 0 Å². The first-order valence-electron chi connectivity index (χ1n) is 7.40. The van der Waals surface area contributed by atoms with Gasteiger partial charge in [0.05, 0.1) is 16.1 Å². The Labute approximate surface area is 145 Å². The molecular formula is C17H16N2O5S. The summed E-state index contributed by atoms with van der Waals surface area (Å²) in [5, 5.41) is 5.11. The molecule has 0 aromatic heterocycles. The van der Waals surface area contributed by atoms with Gasteiger partial charge >= 0.3 is 0 Å². The van der Waals surface area contributed by atoms with Gasteiger partial charge in [-0.3, -0.25) is 9.79 Å². The molecule has 0 bridgehead atoms. The highest BCUT2D eigenvalue weighted by Gasteiger charge is 2.36. The Hall–Kier alpha value is -2.55. The van der Waals surface area contributed by atoms with Crippen molar-refractivity contribution >= 4 is 27.7 Å². The van der Waals surface area contributed by atoms with E-state index in [1.807, 2.05) is 0 Å². The number of carbonyl (C=O) groups excluding carboxylic acids is 1. The molecule has 1 heterocycles. The maximum Gasteiger partial charge on any atom is 0.238 e. The summed E-state index contributed by atoms with van der Waals surface area (Å²) in [6, 6.07) is 12.7. The Morgan fingerprint density at radius 2 is 1.96 bits per heavy atom. The molecule has 1 aliphatic rings. The minimum absolute atomic E-state index is 0.0537. The van der Waals surface area contributed by atoms with Crippen LogP contribution in [0.4, 0.5) is 5.69 Å². The highest BCUT2D eigenvalue weighted by molar-refractivity contribution is 7.89. The maximum atomic E-state index is 12.7. The molecular weight excluding hydrogens is 344 g/mol. The summed E-state index contributed by atoms with van der Waals surface area (Å²) in [6.45, 7) is 0. The molecule has 0 radical (unpaired) electrons. The lowest BCUT2D eigenvalue weighted by Crippen LogP contribution is -2.39. The predicted molar refractivity (Wildman–Crippen MR) is 91.7 cm³/mol. The van der Waals surface area contributed by atoms with Crippen LogP contribution in [0.25, 0.3) is 0 Å². The number of aliphatic imine (C=N–C) groups is 1. The van der Waals surface area contributed by atoms with E-state index in [0.717, 1.165) is 0 Å². The van der Waals surface area contributed by atoms with E-state index in [4.69, 9.17) is 14.6 Å². The first kappa shape index (κ1) is 17.3. The number of para-hydroxylation sites is 1. The van der Waals surface area contributed by atoms with Crippen LogP contribution in [0, 0.1) is 5.92 Å². The van der Waals surface area contributed by atoms with Crippen molar-refractivity contribution in [2.45, 2.75) is 11.2 Å². The van der Waals surface area contributed by atoms with Crippen LogP contribution in [0.15, 0.2) is 58.4 Å². The Bertz CT molecular complexity index is 940. The zero-order valence-corrected chi connectivity index (χ0v) is 14.1. The van der Waals surface area contributed by atoms with Crippen molar-refractivity contribution in [1.82, 2.24) is 0 Å². The Morgan fingerprint density at radius 3 is 2.68 bits per heavy atom. The third-order valence-corrected chi connectivity index (χ3v) is 4.67. The van der Waals surface area contributed by atoms with Gasteiger partial charge in [0.2, 0.25) is 16.3 Å². The van der Waals surface area contributed by atoms with Crippen molar-refractivity contribution in [3.05, 3.63) is 54.1 Å². The van der Waals surface area contributed by atoms with Crippen LogP contribution in [0.5, 0.6) is 5.75 Å². The highest BCUT2D eigenvalue weighted by atomic mass is 32.2. The smallest absolute Gasteiger partial charge is 0.238 e. The van der Waals surface area contributed by atoms with Gasteiger partial charge in [-0.25, -0.2) is 13.6 Å². The summed E-state index contributed by atoms with van der Waals surface area (Å²) < 4.78 is 33.7. The Morgan fingerprint density at radius 1 is 1.20 bits per heavy atom. The summed E-state index contributed by atoms with van der Waals surface area (Å²) in [5.74, 6) is -0.474. The summed E-state index contributed by atoms with van der Waals surface area (Å²) in [7, 11) is -2.39. The number of fused-ring (bicyclic) bond motifs is 1. The van der Waals surface area contributed by atoms with Gasteiger partial charge in [0.1, 0.15) is 11.7 Å². The third-order valence-electron chi connectivity index (χ3n) is 3.75. The van der Waals surface area contributed by atoms with Crippen LogP contribution in [-0.2, 0) is 14.8 Å². The number of methoxy groups -OCH3 is 1. The van der Waals surface area contributed by atoms with Crippen LogP contribution in [0.3, 0.4) is 0 Å². The average molecular weight is 360 g/mol. The first-order valence-corrected chi connectivity index (χ1v) is 8.94. The number of hydrogen-bond donors (Lipinski definition) is 1. The van der Waals surface area contributed by atoms with E-state index in [1.165, 1.54) is 31.5 Å². The van der Waals surface area contributed by atoms with E-state index in [9.17, 15) is 13.2 Å². The molecule has 0 aliphatic carbocycles. The monoisotopic (exact) mass is 360 g/mol. The lowest BCUT2D eigenvalue weighted by molar-refractivity contribution is -0.0721. The van der Waals surface area contributed by atoms with E-state index in [1.54, 1.807) is 30.3 Å². The molecule has 0 saturated carbocycles. The first-order chi connectivity index (χ1) is 11.9. The van der Waals surface area contributed by atoms with Gasteiger partial charge in [0.15, 0.2) is 5.78 Å². The summed E-state index contributed by atoms with van der Waals surface area (Å²) in [5.41, 5.74) is 0.804. The molecule has 0 saturated heterocycles. The van der Waals surface area contributed by atoms with Crippen LogP contribution in [0.1, 0.15) is 10.4 Å². The zero-order valence-electron chi connectivity index (χ0n) is 13.3. The number of benzene rings is 2. The van der Waals surface area contributed by atoms with Crippen molar-refractivity contribution in [2.24, 2.45) is 16.0 Å². The largest absolute Gasteiger partial charge is 0.463 e. The second-order valence-corrected chi connectivity index (χ2v) is 6.99. The number of ketones is 1. The molecule has 25 heavy (non-hydrogen) atoms. The third kappa shape index (κ3) is 3.60. The van der Waals surface area contributed by atoms with Crippen LogP contribution < -0.4 is 9.88 Å². The number of sulfonamides is 1. The number of hydrogen-bond acceptors (Lipinski definition) is 6. The standard InChI is InChI=1S/C17H16N2O5S/c1-23-17-14(16(20)13-7-2-3-8-15(13)24-17)10-19-11-5-4-6-12(9-11)25(18,21)22/h2-10,14,17H,1H3,(H2,18,21,22). The van der Waals surface area contributed by atoms with Gasteiger partial charge in [0.25, 0.3) is 0 Å². The quantitative estimate of drug-likeness (QED) is 0.838. The van der Waals surface area contributed by atoms with Crippen molar-refractivity contribution < 1.29 is 22.7 Å². The van der Waals surface area contributed by atoms with Crippen molar-refractivity contribution in [3.63, 3.8) is 0 Å².